The Morgan fingerprint density at radius 2 is 1.81 bits per heavy atom. The molecule has 15 heteroatoms. The molecule has 242 valence electrons. The van der Waals surface area contributed by atoms with E-state index in [9.17, 15) is 4.57 Å². The van der Waals surface area contributed by atoms with E-state index in [1.165, 1.54) is 6.21 Å². The van der Waals surface area contributed by atoms with Crippen molar-refractivity contribution in [1.29, 1.82) is 5.41 Å². The molecule has 0 unspecified atom stereocenters. The maximum atomic E-state index is 13.6. The SMILES string of the molecule is CN/C=C(\C=N)c1cc(Nc2nc(Nc3ccc4nccnc4c3P(C)(C)=O)c3cc[nH]c3n2)c2c(c1N1CCN(C)CC1)OCO2. The van der Waals surface area contributed by atoms with E-state index >= 15 is 0 Å². The number of hydrogen-bond donors (Lipinski definition) is 5. The van der Waals surface area contributed by atoms with Crippen LogP contribution in [0.15, 0.2) is 49.1 Å². The number of aromatic nitrogens is 5. The van der Waals surface area contributed by atoms with Crippen LogP contribution in [0.3, 0.4) is 0 Å². The molecule has 14 nitrogen and oxygen atoms in total. The standard InChI is InChI=1S/C32H36N11O3P/c1-34-17-19(16-33)21-15-24(27-28(46-18-45-27)26(21)43-13-11-42(2)12-14-43)39-32-40-30-20(7-8-37-30)31(41-32)38-23-6-5-22-25(36-10-9-35-22)29(23)47(3,4)44/h5-10,15-17,33-34H,11-14,18H2,1-4H3,(H3,37,38,39,40,41)/b19-17+,33-16?. The summed E-state index contributed by atoms with van der Waals surface area (Å²) >= 11 is 0. The normalized spacial score (nSPS) is 15.3. The van der Waals surface area contributed by atoms with E-state index in [1.807, 2.05) is 31.3 Å². The minimum Gasteiger partial charge on any atom is -0.451 e. The molecule has 0 bridgehead atoms. The first-order valence-electron chi connectivity index (χ1n) is 15.2. The number of allylic oxidation sites excluding steroid dienone is 1. The molecule has 5 aromatic rings. The zero-order chi connectivity index (χ0) is 32.7. The number of nitrogens with one attached hydrogen (secondary N) is 5. The number of H-pyrrole nitrogens is 1. The highest BCUT2D eigenvalue weighted by Crippen LogP contribution is 2.51. The van der Waals surface area contributed by atoms with Crippen LogP contribution in [0.2, 0.25) is 0 Å². The maximum absolute atomic E-state index is 13.6. The molecule has 3 aromatic heterocycles. The largest absolute Gasteiger partial charge is 0.451 e. The summed E-state index contributed by atoms with van der Waals surface area (Å²) in [7, 11) is 1.12. The molecule has 2 aromatic carbocycles. The monoisotopic (exact) mass is 653 g/mol. The quantitative estimate of drug-likeness (QED) is 0.113. The lowest BCUT2D eigenvalue weighted by Crippen LogP contribution is -2.44. The van der Waals surface area contributed by atoms with Crippen LogP contribution in [0, 0.1) is 5.41 Å². The number of piperazine rings is 1. The van der Waals surface area contributed by atoms with Crippen LogP contribution < -0.4 is 35.6 Å². The van der Waals surface area contributed by atoms with Crippen LogP contribution in [0.1, 0.15) is 5.56 Å². The Kier molecular flexibility index (Phi) is 7.90. The van der Waals surface area contributed by atoms with Gasteiger partial charge in [-0.15, -0.1) is 0 Å². The summed E-state index contributed by atoms with van der Waals surface area (Å²) in [6, 6.07) is 7.54. The van der Waals surface area contributed by atoms with Gasteiger partial charge < -0.3 is 50.2 Å². The predicted molar refractivity (Wildman–Crippen MR) is 187 cm³/mol. The predicted octanol–water partition coefficient (Wildman–Crippen LogP) is 4.33. The van der Waals surface area contributed by atoms with Crippen LogP contribution >= 0.6 is 7.14 Å². The summed E-state index contributed by atoms with van der Waals surface area (Å²) < 4.78 is 25.7. The van der Waals surface area contributed by atoms with Crippen LogP contribution in [0.4, 0.5) is 28.8 Å². The van der Waals surface area contributed by atoms with E-state index in [-0.39, 0.29) is 6.79 Å². The Hall–Kier alpha value is -5.20. The maximum Gasteiger partial charge on any atom is 0.231 e. The van der Waals surface area contributed by atoms with Gasteiger partial charge in [0.05, 0.1) is 33.3 Å². The Bertz CT molecular complexity index is 2080. The molecular formula is C32H36N11O3P. The molecule has 2 aliphatic heterocycles. The fraction of sp³-hybridized carbons (Fsp3) is 0.281. The number of anilines is 5. The van der Waals surface area contributed by atoms with Crippen molar-refractivity contribution in [3.05, 3.63) is 54.6 Å². The van der Waals surface area contributed by atoms with Gasteiger partial charge in [-0.25, -0.2) is 0 Å². The molecule has 7 rings (SSSR count). The molecule has 0 amide bonds. The number of ether oxygens (including phenoxy) is 2. The van der Waals surface area contributed by atoms with Crippen LogP contribution in [-0.2, 0) is 4.57 Å². The molecule has 0 spiro atoms. The highest BCUT2D eigenvalue weighted by atomic mass is 31.2. The van der Waals surface area contributed by atoms with Crippen molar-refractivity contribution in [1.82, 2.24) is 35.1 Å². The van der Waals surface area contributed by atoms with Gasteiger partial charge in [0.2, 0.25) is 12.7 Å². The Morgan fingerprint density at radius 3 is 2.57 bits per heavy atom. The van der Waals surface area contributed by atoms with Crippen molar-refractivity contribution in [3.8, 4) is 11.5 Å². The summed E-state index contributed by atoms with van der Waals surface area (Å²) in [5, 5.41) is 19.4. The van der Waals surface area contributed by atoms with Gasteiger partial charge in [0.1, 0.15) is 24.1 Å². The van der Waals surface area contributed by atoms with Gasteiger partial charge in [-0.2, -0.15) is 9.97 Å². The first kappa shape index (κ1) is 30.5. The van der Waals surface area contributed by atoms with Gasteiger partial charge in [-0.3, -0.25) is 9.97 Å². The number of hydrogen-bond acceptors (Lipinski definition) is 13. The fourth-order valence-electron chi connectivity index (χ4n) is 6.07. The lowest BCUT2D eigenvalue weighted by atomic mass is 10.0. The van der Waals surface area contributed by atoms with Gasteiger partial charge in [-0.1, -0.05) is 0 Å². The molecule has 0 saturated carbocycles. The highest BCUT2D eigenvalue weighted by Gasteiger charge is 2.31. The molecule has 1 saturated heterocycles. The Labute approximate surface area is 271 Å². The smallest absolute Gasteiger partial charge is 0.231 e. The van der Waals surface area contributed by atoms with E-state index in [1.54, 1.807) is 38.1 Å². The number of fused-ring (bicyclic) bond motifs is 3. The average Bonchev–Trinajstić information content (AvgIpc) is 3.74. The Morgan fingerprint density at radius 1 is 1.02 bits per heavy atom. The first-order valence-corrected chi connectivity index (χ1v) is 17.8. The third kappa shape index (κ3) is 5.70. The number of benzene rings is 2. The summed E-state index contributed by atoms with van der Waals surface area (Å²) in [6.45, 7) is 6.93. The van der Waals surface area contributed by atoms with E-state index in [0.29, 0.717) is 62.2 Å². The lowest BCUT2D eigenvalue weighted by Gasteiger charge is -2.36. The molecule has 0 atom stereocenters. The molecule has 2 aliphatic rings. The molecule has 47 heavy (non-hydrogen) atoms. The van der Waals surface area contributed by atoms with Crippen molar-refractivity contribution in [3.63, 3.8) is 0 Å². The van der Waals surface area contributed by atoms with Crippen LogP contribution in [0.25, 0.3) is 27.6 Å². The molecule has 5 heterocycles. The molecule has 0 aliphatic carbocycles. The van der Waals surface area contributed by atoms with Gasteiger partial charge in [-0.05, 0) is 44.6 Å². The van der Waals surface area contributed by atoms with E-state index in [0.717, 1.165) is 42.8 Å². The van der Waals surface area contributed by atoms with Crippen molar-refractivity contribution < 1.29 is 14.0 Å². The first-order chi connectivity index (χ1) is 22.7. The number of aromatic amines is 1. The summed E-state index contributed by atoms with van der Waals surface area (Å²) in [4.78, 5) is 26.3. The summed E-state index contributed by atoms with van der Waals surface area (Å²) in [5.41, 5.74) is 5.46. The van der Waals surface area contributed by atoms with Crippen LogP contribution in [0.5, 0.6) is 11.5 Å². The van der Waals surface area contributed by atoms with E-state index in [2.05, 4.69) is 47.7 Å². The second kappa shape index (κ2) is 12.2. The fourth-order valence-corrected chi connectivity index (χ4v) is 7.47. The molecule has 1 fully saturated rings. The molecule has 5 N–H and O–H groups in total. The van der Waals surface area contributed by atoms with E-state index < -0.39 is 7.14 Å². The summed E-state index contributed by atoms with van der Waals surface area (Å²) in [5.74, 6) is 1.97. The van der Waals surface area contributed by atoms with Gasteiger partial charge in [0, 0.05) is 75.4 Å². The molecular weight excluding hydrogens is 617 g/mol. The third-order valence-corrected chi connectivity index (χ3v) is 9.80. The minimum atomic E-state index is -2.80. The zero-order valence-electron chi connectivity index (χ0n) is 26.6. The number of nitrogens with zero attached hydrogens (tertiary/aromatic N) is 6. The summed E-state index contributed by atoms with van der Waals surface area (Å²) in [6.07, 6.45) is 8.14. The van der Waals surface area contributed by atoms with Crippen molar-refractivity contribution in [2.24, 2.45) is 0 Å². The van der Waals surface area contributed by atoms with Crippen molar-refractivity contribution in [2.45, 2.75) is 0 Å². The second-order valence-electron chi connectivity index (χ2n) is 11.8. The second-order valence-corrected chi connectivity index (χ2v) is 15.0. The number of likely N-dealkylation sites (N-methyl/N-ethyl adjacent to an activating group) is 1. The van der Waals surface area contributed by atoms with Crippen molar-refractivity contribution in [2.75, 3.05) is 75.9 Å². The topological polar surface area (TPSA) is 169 Å². The third-order valence-electron chi connectivity index (χ3n) is 8.27. The van der Waals surface area contributed by atoms with Gasteiger partial charge in [0.25, 0.3) is 0 Å². The zero-order valence-corrected chi connectivity index (χ0v) is 27.5. The molecule has 0 radical (unpaired) electrons. The average molecular weight is 654 g/mol. The van der Waals surface area contributed by atoms with Gasteiger partial charge in [0.15, 0.2) is 11.5 Å². The highest BCUT2D eigenvalue weighted by molar-refractivity contribution is 7.71. The van der Waals surface area contributed by atoms with Crippen LogP contribution in [-0.4, -0.2) is 96.4 Å². The van der Waals surface area contributed by atoms with Gasteiger partial charge >= 0.3 is 0 Å². The van der Waals surface area contributed by atoms with E-state index in [4.69, 9.17) is 24.9 Å². The Balaban J connectivity index is 1.33. The van der Waals surface area contributed by atoms with Crippen molar-refractivity contribution >= 4 is 75.1 Å². The number of rotatable bonds is 9. The lowest BCUT2D eigenvalue weighted by molar-refractivity contribution is 0.174. The minimum absolute atomic E-state index is 0.0644.